The first-order chi connectivity index (χ1) is 17.8. The van der Waals surface area contributed by atoms with Gasteiger partial charge in [0, 0.05) is 19.4 Å². The van der Waals surface area contributed by atoms with Crippen molar-refractivity contribution in [1.82, 2.24) is 5.32 Å². The zero-order valence-corrected chi connectivity index (χ0v) is 23.1. The van der Waals surface area contributed by atoms with Crippen LogP contribution in [0.25, 0.3) is 0 Å². The molecular formula is C27H43N2O7P+2. The lowest BCUT2D eigenvalue weighted by Crippen LogP contribution is -2.61. The van der Waals surface area contributed by atoms with E-state index in [4.69, 9.17) is 9.26 Å². The first-order valence-electron chi connectivity index (χ1n) is 13.5. The minimum Gasteiger partial charge on any atom is -0.445 e. The molecule has 0 aromatic heterocycles. The summed E-state index contributed by atoms with van der Waals surface area (Å²) in [5.74, 6) is -0.526. The molecule has 4 atom stereocenters. The lowest BCUT2D eigenvalue weighted by Gasteiger charge is -2.31. The summed E-state index contributed by atoms with van der Waals surface area (Å²) in [6.07, 6.45) is 5.20. The van der Waals surface area contributed by atoms with Crippen molar-refractivity contribution >= 4 is 26.1 Å². The van der Waals surface area contributed by atoms with E-state index in [0.29, 0.717) is 38.4 Å². The van der Waals surface area contributed by atoms with Crippen LogP contribution >= 0.6 is 8.03 Å². The fraction of sp³-hybridized carbons (Fsp3) is 0.667. The third-order valence-electron chi connectivity index (χ3n) is 6.96. The van der Waals surface area contributed by atoms with Crippen molar-refractivity contribution in [2.24, 2.45) is 0 Å². The zero-order valence-electron chi connectivity index (χ0n) is 22.2. The quantitative estimate of drug-likeness (QED) is 0.142. The summed E-state index contributed by atoms with van der Waals surface area (Å²) in [6, 6.07) is 9.01. The second-order valence-corrected chi connectivity index (χ2v) is 11.1. The molecule has 1 aromatic rings. The number of quaternary nitrogens is 1. The SMILES string of the molecule is CCCCCCC[P+](=O)O[C@@H](CCCCNC(=O)OCc1ccccc1)C(=O)[N+]1(C(=O)O)CCC[C@H]1C. The minimum atomic E-state index is -2.07. The van der Waals surface area contributed by atoms with E-state index in [2.05, 4.69) is 12.2 Å². The molecule has 1 aliphatic rings. The van der Waals surface area contributed by atoms with Crippen molar-refractivity contribution in [2.75, 3.05) is 19.3 Å². The van der Waals surface area contributed by atoms with Crippen molar-refractivity contribution < 1.29 is 37.8 Å². The molecule has 2 unspecified atom stereocenters. The summed E-state index contributed by atoms with van der Waals surface area (Å²) in [4.78, 5) is 37.7. The Kier molecular flexibility index (Phi) is 13.8. The maximum atomic E-state index is 13.5. The number of benzene rings is 1. The smallest absolute Gasteiger partial charge is 0.445 e. The highest BCUT2D eigenvalue weighted by Gasteiger charge is 2.56. The van der Waals surface area contributed by atoms with Crippen molar-refractivity contribution in [1.29, 1.82) is 0 Å². The third-order valence-corrected chi connectivity index (χ3v) is 8.13. The molecule has 0 radical (unpaired) electrons. The number of rotatable bonds is 16. The number of likely N-dealkylation sites (tertiary alicyclic amines) is 1. The molecule has 1 fully saturated rings. The van der Waals surface area contributed by atoms with E-state index in [1.165, 1.54) is 0 Å². The van der Waals surface area contributed by atoms with E-state index < -0.39 is 36.7 Å². The van der Waals surface area contributed by atoms with Gasteiger partial charge in [-0.05, 0) is 49.2 Å². The van der Waals surface area contributed by atoms with E-state index in [-0.39, 0.29) is 25.6 Å². The van der Waals surface area contributed by atoms with Crippen molar-refractivity contribution in [3.05, 3.63) is 35.9 Å². The Hall–Kier alpha value is -2.35. The average molecular weight is 539 g/mol. The van der Waals surface area contributed by atoms with Gasteiger partial charge >= 0.3 is 26.1 Å². The molecule has 3 amide bonds. The summed E-state index contributed by atoms with van der Waals surface area (Å²) in [7, 11) is -2.07. The summed E-state index contributed by atoms with van der Waals surface area (Å²) in [5.41, 5.74) is 0.891. The first-order valence-corrected chi connectivity index (χ1v) is 14.9. The number of carbonyl (C=O) groups is 3. The molecule has 1 aromatic carbocycles. The number of amides is 3. The number of alkyl carbamates (subject to hydrolysis) is 1. The van der Waals surface area contributed by atoms with E-state index >= 15 is 0 Å². The van der Waals surface area contributed by atoms with Gasteiger partial charge in [0.15, 0.2) is 6.16 Å². The predicted octanol–water partition coefficient (Wildman–Crippen LogP) is 6.38. The van der Waals surface area contributed by atoms with Crippen LogP contribution in [0.15, 0.2) is 30.3 Å². The van der Waals surface area contributed by atoms with E-state index in [9.17, 15) is 24.1 Å². The number of hydrogen-bond acceptors (Lipinski definition) is 6. The number of unbranched alkanes of at least 4 members (excludes halogenated alkanes) is 5. The Morgan fingerprint density at radius 2 is 1.84 bits per heavy atom. The van der Waals surface area contributed by atoms with E-state index in [1.54, 1.807) is 6.92 Å². The topological polar surface area (TPSA) is 119 Å². The maximum absolute atomic E-state index is 13.5. The van der Waals surface area contributed by atoms with Gasteiger partial charge in [0.1, 0.15) is 12.6 Å². The molecule has 0 spiro atoms. The Labute approximate surface area is 221 Å². The molecule has 2 N–H and O–H groups in total. The van der Waals surface area contributed by atoms with Crippen LogP contribution in [0.1, 0.15) is 83.6 Å². The molecule has 10 heteroatoms. The van der Waals surface area contributed by atoms with Gasteiger partial charge in [0.25, 0.3) is 0 Å². The van der Waals surface area contributed by atoms with Crippen LogP contribution in [0.4, 0.5) is 9.59 Å². The first kappa shape index (κ1) is 30.9. The third kappa shape index (κ3) is 9.80. The van der Waals surface area contributed by atoms with E-state index in [0.717, 1.165) is 37.7 Å². The molecule has 1 heterocycles. The van der Waals surface area contributed by atoms with Crippen molar-refractivity contribution in [3.63, 3.8) is 0 Å². The molecule has 0 aliphatic carbocycles. The molecule has 2 rings (SSSR count). The summed E-state index contributed by atoms with van der Waals surface area (Å²) in [5, 5.41) is 12.7. The van der Waals surface area contributed by atoms with Gasteiger partial charge < -0.3 is 15.2 Å². The highest BCUT2D eigenvalue weighted by atomic mass is 31.1. The van der Waals surface area contributed by atoms with Crippen LogP contribution < -0.4 is 5.32 Å². The molecule has 1 aliphatic heterocycles. The number of nitrogens with zero attached hydrogens (tertiary/aromatic N) is 1. The number of ether oxygens (including phenoxy) is 1. The molecular weight excluding hydrogens is 495 g/mol. The molecule has 9 nitrogen and oxygen atoms in total. The fourth-order valence-corrected chi connectivity index (χ4v) is 5.79. The Balaban J connectivity index is 1.87. The van der Waals surface area contributed by atoms with Gasteiger partial charge in [0.05, 0.1) is 6.54 Å². The van der Waals surface area contributed by atoms with E-state index in [1.807, 2.05) is 30.3 Å². The van der Waals surface area contributed by atoms with Gasteiger partial charge in [0.2, 0.25) is 6.10 Å². The van der Waals surface area contributed by atoms with Crippen LogP contribution in [0, 0.1) is 0 Å². The second-order valence-electron chi connectivity index (χ2n) is 9.75. The lowest BCUT2D eigenvalue weighted by molar-refractivity contribution is -0.794. The van der Waals surface area contributed by atoms with Crippen molar-refractivity contribution in [3.8, 4) is 0 Å². The summed E-state index contributed by atoms with van der Waals surface area (Å²) >= 11 is 0. The normalized spacial score (nSPS) is 20.3. The molecule has 1 saturated heterocycles. The lowest BCUT2D eigenvalue weighted by atomic mass is 10.1. The predicted molar refractivity (Wildman–Crippen MR) is 141 cm³/mol. The number of hydrogen-bond donors (Lipinski definition) is 2. The number of carboxylic acid groups (broad SMARTS) is 1. The fourth-order valence-electron chi connectivity index (χ4n) is 4.72. The maximum Gasteiger partial charge on any atom is 0.521 e. The van der Waals surface area contributed by atoms with Crippen LogP contribution in [0.5, 0.6) is 0 Å². The van der Waals surface area contributed by atoms with Gasteiger partial charge in [-0.25, -0.2) is 9.59 Å². The second kappa shape index (κ2) is 16.5. The minimum absolute atomic E-state index is 0.177. The van der Waals surface area contributed by atoms with Gasteiger partial charge in [-0.3, -0.25) is 0 Å². The number of carbonyl (C=O) groups excluding carboxylic acids is 2. The van der Waals surface area contributed by atoms with Crippen molar-refractivity contribution in [2.45, 2.75) is 96.8 Å². The highest BCUT2D eigenvalue weighted by molar-refractivity contribution is 7.39. The van der Waals surface area contributed by atoms with Crippen LogP contribution in [0.3, 0.4) is 0 Å². The van der Waals surface area contributed by atoms with Gasteiger partial charge in [-0.2, -0.15) is 9.28 Å². The summed E-state index contributed by atoms with van der Waals surface area (Å²) in [6.45, 7) is 4.64. The zero-order chi connectivity index (χ0) is 27.1. The molecule has 37 heavy (non-hydrogen) atoms. The monoisotopic (exact) mass is 538 g/mol. The standard InChI is InChI=1S/C27H41N2O7P/c1-3-4-5-6-12-20-37(34)36-24(25(30)29(27(32)33)19-13-14-22(29)2)17-10-11-18-28-26(31)35-21-23-15-8-7-9-16-23/h7-9,15-16,22,24H,3-6,10-14,17-21H2,1-2H3/p+2/t22-,24+,29?/m1/s1. The Bertz CT molecular complexity index is 883. The number of nitrogens with one attached hydrogen (secondary N) is 1. The molecule has 206 valence electrons. The molecule has 0 saturated carbocycles. The van der Waals surface area contributed by atoms with Crippen LogP contribution in [0.2, 0.25) is 0 Å². The number of imide groups is 1. The van der Waals surface area contributed by atoms with Crippen LogP contribution in [-0.4, -0.2) is 59.1 Å². The highest BCUT2D eigenvalue weighted by Crippen LogP contribution is 2.34. The van der Waals surface area contributed by atoms with Crippen LogP contribution in [-0.2, 0) is 25.2 Å². The largest absolute Gasteiger partial charge is 0.521 e. The summed E-state index contributed by atoms with van der Waals surface area (Å²) < 4.78 is 22.9. The van der Waals surface area contributed by atoms with Gasteiger partial charge in [-0.1, -0.05) is 56.5 Å². The van der Waals surface area contributed by atoms with Gasteiger partial charge in [-0.15, -0.1) is 4.52 Å². The molecule has 0 bridgehead atoms. The average Bonchev–Trinajstić information content (AvgIpc) is 3.28. The Morgan fingerprint density at radius 3 is 2.49 bits per heavy atom. The Morgan fingerprint density at radius 1 is 1.11 bits per heavy atom.